The molecule has 1 heterocycles. The predicted molar refractivity (Wildman–Crippen MR) is 67.2 cm³/mol. The Morgan fingerprint density at radius 2 is 2.11 bits per heavy atom. The summed E-state index contributed by atoms with van der Waals surface area (Å²) in [5, 5.41) is 12.1. The third-order valence-corrected chi connectivity index (χ3v) is 4.99. The molecule has 0 aromatic heterocycles. The lowest BCUT2D eigenvalue weighted by Crippen LogP contribution is -2.53. The molecule has 0 aromatic carbocycles. The summed E-state index contributed by atoms with van der Waals surface area (Å²) < 4.78 is 0. The number of amides is 2. The second-order valence-electron chi connectivity index (χ2n) is 6.07. The third kappa shape index (κ3) is 1.95. The van der Waals surface area contributed by atoms with Gasteiger partial charge in [-0.2, -0.15) is 0 Å². The molecule has 1 saturated heterocycles. The van der Waals surface area contributed by atoms with Crippen LogP contribution in [0.15, 0.2) is 0 Å². The number of carbonyl (C=O) groups excluding carboxylic acids is 1. The average molecular weight is 254 g/mol. The topological polar surface area (TPSA) is 69.6 Å². The van der Waals surface area contributed by atoms with E-state index < -0.39 is 5.97 Å². The Labute approximate surface area is 108 Å². The first-order valence-electron chi connectivity index (χ1n) is 6.63. The summed E-state index contributed by atoms with van der Waals surface area (Å²) in [5.74, 6) is -0.832. The molecule has 1 aliphatic heterocycles. The molecule has 5 heteroatoms. The predicted octanol–water partition coefficient (Wildman–Crippen LogP) is 1.54. The molecular formula is C13H22N2O3. The van der Waals surface area contributed by atoms with Crippen LogP contribution < -0.4 is 5.32 Å². The van der Waals surface area contributed by atoms with Crippen molar-refractivity contribution < 1.29 is 14.7 Å². The van der Waals surface area contributed by atoms with E-state index in [-0.39, 0.29) is 29.3 Å². The van der Waals surface area contributed by atoms with E-state index in [0.29, 0.717) is 13.0 Å². The van der Waals surface area contributed by atoms with E-state index in [1.807, 2.05) is 18.7 Å². The highest BCUT2D eigenvalue weighted by Crippen LogP contribution is 2.46. The minimum atomic E-state index is -0.712. The van der Waals surface area contributed by atoms with Crippen LogP contribution in [0.5, 0.6) is 0 Å². The lowest BCUT2D eigenvalue weighted by molar-refractivity contribution is -0.151. The summed E-state index contributed by atoms with van der Waals surface area (Å²) in [4.78, 5) is 24.9. The van der Waals surface area contributed by atoms with Crippen LogP contribution in [-0.2, 0) is 4.79 Å². The lowest BCUT2D eigenvalue weighted by Gasteiger charge is -2.48. The second-order valence-corrected chi connectivity index (χ2v) is 6.07. The van der Waals surface area contributed by atoms with Gasteiger partial charge in [-0.1, -0.05) is 20.8 Å². The van der Waals surface area contributed by atoms with Crippen molar-refractivity contribution in [1.29, 1.82) is 0 Å². The molecule has 2 N–H and O–H groups in total. The summed E-state index contributed by atoms with van der Waals surface area (Å²) in [7, 11) is 0. The minimum Gasteiger partial charge on any atom is -0.481 e. The summed E-state index contributed by atoms with van der Waals surface area (Å²) >= 11 is 0. The number of rotatable bonds is 2. The van der Waals surface area contributed by atoms with Gasteiger partial charge >= 0.3 is 12.0 Å². The Hall–Kier alpha value is -1.26. The molecule has 2 fully saturated rings. The maximum Gasteiger partial charge on any atom is 0.317 e. The number of hydrogen-bond donors (Lipinski definition) is 2. The normalized spacial score (nSPS) is 35.4. The number of carboxylic acids is 1. The van der Waals surface area contributed by atoms with Gasteiger partial charge in [-0.15, -0.1) is 0 Å². The first-order valence-corrected chi connectivity index (χ1v) is 6.63. The van der Waals surface area contributed by atoms with Gasteiger partial charge in [0.25, 0.3) is 0 Å². The van der Waals surface area contributed by atoms with Gasteiger partial charge in [0.1, 0.15) is 0 Å². The second kappa shape index (κ2) is 4.44. The first kappa shape index (κ1) is 13.2. The maximum absolute atomic E-state index is 11.7. The fourth-order valence-electron chi connectivity index (χ4n) is 3.44. The Bertz CT molecular complexity index is 367. The van der Waals surface area contributed by atoms with Crippen LogP contribution in [0.2, 0.25) is 0 Å². The molecule has 3 unspecified atom stereocenters. The van der Waals surface area contributed by atoms with Crippen molar-refractivity contribution in [3.8, 4) is 0 Å². The van der Waals surface area contributed by atoms with Crippen LogP contribution in [-0.4, -0.2) is 41.1 Å². The molecule has 102 valence electrons. The highest BCUT2D eigenvalue weighted by molar-refractivity contribution is 5.77. The Morgan fingerprint density at radius 1 is 1.44 bits per heavy atom. The molecule has 0 aromatic rings. The van der Waals surface area contributed by atoms with Crippen LogP contribution in [0.3, 0.4) is 0 Å². The summed E-state index contributed by atoms with van der Waals surface area (Å²) in [6.07, 6.45) is 1.44. The van der Waals surface area contributed by atoms with Crippen LogP contribution >= 0.6 is 0 Å². The van der Waals surface area contributed by atoms with E-state index in [4.69, 9.17) is 0 Å². The Kier molecular flexibility index (Phi) is 3.25. The molecular weight excluding hydrogens is 232 g/mol. The molecule has 2 rings (SSSR count). The minimum absolute atomic E-state index is 0.00331. The smallest absolute Gasteiger partial charge is 0.317 e. The lowest BCUT2D eigenvalue weighted by atomic mass is 9.60. The van der Waals surface area contributed by atoms with Crippen molar-refractivity contribution in [3.63, 3.8) is 0 Å². The summed E-state index contributed by atoms with van der Waals surface area (Å²) in [6, 6.07) is 0.162. The van der Waals surface area contributed by atoms with Gasteiger partial charge in [0.05, 0.1) is 5.92 Å². The molecule has 1 aliphatic carbocycles. The van der Waals surface area contributed by atoms with Crippen molar-refractivity contribution in [2.45, 2.75) is 39.7 Å². The van der Waals surface area contributed by atoms with Gasteiger partial charge in [0.15, 0.2) is 0 Å². The summed E-state index contributed by atoms with van der Waals surface area (Å²) in [5.41, 5.74) is -0.280. The molecule has 5 nitrogen and oxygen atoms in total. The molecule has 2 amide bonds. The van der Waals surface area contributed by atoms with E-state index in [2.05, 4.69) is 12.2 Å². The number of hydrogen-bond acceptors (Lipinski definition) is 2. The molecule has 0 bridgehead atoms. The van der Waals surface area contributed by atoms with E-state index >= 15 is 0 Å². The van der Waals surface area contributed by atoms with Crippen molar-refractivity contribution in [2.24, 2.45) is 17.3 Å². The van der Waals surface area contributed by atoms with Crippen LogP contribution in [0, 0.1) is 17.3 Å². The number of nitrogens with zero attached hydrogens (tertiary/aromatic N) is 1. The molecule has 18 heavy (non-hydrogen) atoms. The zero-order valence-electron chi connectivity index (χ0n) is 11.3. The maximum atomic E-state index is 11.7. The number of carboxylic acid groups (broad SMARTS) is 1. The molecule has 2 aliphatic rings. The molecule has 0 spiro atoms. The van der Waals surface area contributed by atoms with Gasteiger partial charge in [-0.3, -0.25) is 4.79 Å². The van der Waals surface area contributed by atoms with E-state index in [0.717, 1.165) is 13.0 Å². The van der Waals surface area contributed by atoms with Gasteiger partial charge < -0.3 is 15.3 Å². The number of nitrogens with one attached hydrogen (secondary N) is 1. The van der Waals surface area contributed by atoms with Crippen LogP contribution in [0.25, 0.3) is 0 Å². The molecule has 3 atom stereocenters. The third-order valence-electron chi connectivity index (χ3n) is 4.99. The van der Waals surface area contributed by atoms with E-state index in [1.165, 1.54) is 0 Å². The van der Waals surface area contributed by atoms with E-state index in [1.54, 1.807) is 0 Å². The Morgan fingerprint density at radius 3 is 2.61 bits per heavy atom. The van der Waals surface area contributed by atoms with Gasteiger partial charge in [-0.25, -0.2) is 4.79 Å². The highest BCUT2D eigenvalue weighted by Gasteiger charge is 2.49. The molecule has 0 radical (unpaired) electrons. The molecule has 1 saturated carbocycles. The number of urea groups is 1. The highest BCUT2D eigenvalue weighted by atomic mass is 16.4. The van der Waals surface area contributed by atoms with Gasteiger partial charge in [-0.05, 0) is 24.2 Å². The quantitative estimate of drug-likeness (QED) is 0.785. The monoisotopic (exact) mass is 254 g/mol. The average Bonchev–Trinajstić information content (AvgIpc) is 2.68. The largest absolute Gasteiger partial charge is 0.481 e. The standard InChI is InChI=1S/C13H22N2O3/c1-8-10(15-7-6-14-12(15)18)5-4-9(11(16)17)13(8,2)3/h8-10H,4-7H2,1-3H3,(H,14,18)(H,16,17). The first-order chi connectivity index (χ1) is 8.35. The van der Waals surface area contributed by atoms with Crippen LogP contribution in [0.4, 0.5) is 4.79 Å². The van der Waals surface area contributed by atoms with Crippen molar-refractivity contribution in [1.82, 2.24) is 10.2 Å². The van der Waals surface area contributed by atoms with Crippen LogP contribution in [0.1, 0.15) is 33.6 Å². The zero-order chi connectivity index (χ0) is 13.5. The van der Waals surface area contributed by atoms with Crippen molar-refractivity contribution in [3.05, 3.63) is 0 Å². The number of aliphatic carboxylic acids is 1. The van der Waals surface area contributed by atoms with E-state index in [9.17, 15) is 14.7 Å². The number of carbonyl (C=O) groups is 2. The SMILES string of the molecule is CC1C(N2CCNC2=O)CCC(C(=O)O)C1(C)C. The zero-order valence-corrected chi connectivity index (χ0v) is 11.3. The van der Waals surface area contributed by atoms with Crippen molar-refractivity contribution >= 4 is 12.0 Å². The Balaban J connectivity index is 2.18. The van der Waals surface area contributed by atoms with Crippen molar-refractivity contribution in [2.75, 3.05) is 13.1 Å². The summed E-state index contributed by atoms with van der Waals surface area (Å²) in [6.45, 7) is 7.53. The van der Waals surface area contributed by atoms with Gasteiger partial charge in [0, 0.05) is 19.1 Å². The fourth-order valence-corrected chi connectivity index (χ4v) is 3.44. The fraction of sp³-hybridized carbons (Fsp3) is 0.846. The van der Waals surface area contributed by atoms with Gasteiger partial charge in [0.2, 0.25) is 0 Å².